The summed E-state index contributed by atoms with van der Waals surface area (Å²) >= 11 is 0. The molecule has 2 N–H and O–H groups in total. The minimum atomic E-state index is 0.000139. The molecule has 2 rings (SSSR count). The molecule has 2 unspecified atom stereocenters. The van der Waals surface area contributed by atoms with Gasteiger partial charge in [0.2, 0.25) is 0 Å². The van der Waals surface area contributed by atoms with Crippen molar-refractivity contribution in [3.05, 3.63) is 18.2 Å². The van der Waals surface area contributed by atoms with Crippen molar-refractivity contribution in [1.29, 1.82) is 0 Å². The Balaban J connectivity index is 2.24. The largest absolute Gasteiger partial charge is 0.330 e. The van der Waals surface area contributed by atoms with E-state index in [0.29, 0.717) is 12.4 Å². The van der Waals surface area contributed by atoms with Crippen LogP contribution < -0.4 is 5.73 Å². The normalized spacial score (nSPS) is 25.0. The molecule has 1 saturated heterocycles. The monoisotopic (exact) mass is 236 g/mol. The fourth-order valence-electron chi connectivity index (χ4n) is 2.57. The molecule has 94 valence electrons. The maximum absolute atomic E-state index is 12.4. The second-order valence-corrected chi connectivity index (χ2v) is 4.74. The fourth-order valence-corrected chi connectivity index (χ4v) is 2.57. The highest BCUT2D eigenvalue weighted by molar-refractivity contribution is 5.91. The van der Waals surface area contributed by atoms with Crippen LogP contribution in [0.3, 0.4) is 0 Å². The summed E-state index contributed by atoms with van der Waals surface area (Å²) in [6.45, 7) is 2.61. The molecule has 0 saturated carbocycles. The number of hydrogen-bond donors (Lipinski definition) is 1. The molecule has 1 amide bonds. The number of carbonyl (C=O) groups is 1. The number of likely N-dealkylation sites (tertiary alicyclic amines) is 1. The molecule has 5 heteroatoms. The van der Waals surface area contributed by atoms with E-state index < -0.39 is 0 Å². The van der Waals surface area contributed by atoms with Crippen LogP contribution in [-0.2, 0) is 7.05 Å². The summed E-state index contributed by atoms with van der Waals surface area (Å²) in [4.78, 5) is 18.5. The molecular formula is C12H20N4O. The van der Waals surface area contributed by atoms with E-state index in [1.807, 2.05) is 11.9 Å². The van der Waals surface area contributed by atoms with E-state index in [9.17, 15) is 4.79 Å². The molecule has 2 atom stereocenters. The minimum Gasteiger partial charge on any atom is -0.330 e. The lowest BCUT2D eigenvalue weighted by molar-refractivity contribution is 0.0478. The van der Waals surface area contributed by atoms with Gasteiger partial charge in [0.1, 0.15) is 0 Å². The first-order valence-electron chi connectivity index (χ1n) is 6.15. The van der Waals surface area contributed by atoms with Gasteiger partial charge in [-0.25, -0.2) is 4.98 Å². The highest BCUT2D eigenvalue weighted by atomic mass is 16.2. The average Bonchev–Trinajstić information content (AvgIpc) is 2.74. The van der Waals surface area contributed by atoms with Gasteiger partial charge in [0.15, 0.2) is 5.82 Å². The standard InChI is InChI=1S/C12H20N4O/c1-9-4-3-5-10(8-13)16(9)12(17)11-14-6-7-15(11)2/h6-7,9-10H,3-5,8,13H2,1-2H3. The first-order valence-corrected chi connectivity index (χ1v) is 6.15. The maximum Gasteiger partial charge on any atom is 0.290 e. The van der Waals surface area contributed by atoms with Crippen LogP contribution in [0.1, 0.15) is 36.8 Å². The Morgan fingerprint density at radius 2 is 2.35 bits per heavy atom. The van der Waals surface area contributed by atoms with Crippen LogP contribution in [-0.4, -0.2) is 39.0 Å². The summed E-state index contributed by atoms with van der Waals surface area (Å²) in [5.41, 5.74) is 5.76. The molecule has 1 aromatic rings. The predicted molar refractivity (Wildman–Crippen MR) is 65.5 cm³/mol. The Labute approximate surface area is 102 Å². The summed E-state index contributed by atoms with van der Waals surface area (Å²) in [6, 6.07) is 0.407. The number of hydrogen-bond acceptors (Lipinski definition) is 3. The molecule has 2 heterocycles. The summed E-state index contributed by atoms with van der Waals surface area (Å²) in [7, 11) is 1.84. The number of nitrogens with zero attached hydrogens (tertiary/aromatic N) is 3. The molecule has 1 fully saturated rings. The lowest BCUT2D eigenvalue weighted by atomic mass is 9.96. The second-order valence-electron chi connectivity index (χ2n) is 4.74. The number of carbonyl (C=O) groups excluding carboxylic acids is 1. The number of piperidine rings is 1. The lowest BCUT2D eigenvalue weighted by Crippen LogP contribution is -2.52. The van der Waals surface area contributed by atoms with Crippen molar-refractivity contribution in [1.82, 2.24) is 14.5 Å². The zero-order chi connectivity index (χ0) is 12.4. The van der Waals surface area contributed by atoms with Crippen molar-refractivity contribution >= 4 is 5.91 Å². The molecule has 0 aromatic carbocycles. The molecule has 1 aromatic heterocycles. The van der Waals surface area contributed by atoms with E-state index in [1.54, 1.807) is 17.0 Å². The van der Waals surface area contributed by atoms with Gasteiger partial charge in [-0.2, -0.15) is 0 Å². The zero-order valence-corrected chi connectivity index (χ0v) is 10.5. The van der Waals surface area contributed by atoms with Gasteiger partial charge in [-0.1, -0.05) is 0 Å². The fraction of sp³-hybridized carbons (Fsp3) is 0.667. The molecule has 0 radical (unpaired) electrons. The lowest BCUT2D eigenvalue weighted by Gasteiger charge is -2.40. The van der Waals surface area contributed by atoms with E-state index in [4.69, 9.17) is 5.73 Å². The number of aromatic nitrogens is 2. The minimum absolute atomic E-state index is 0.000139. The topological polar surface area (TPSA) is 64.2 Å². The van der Waals surface area contributed by atoms with Crippen molar-refractivity contribution < 1.29 is 4.79 Å². The van der Waals surface area contributed by atoms with Gasteiger partial charge in [-0.05, 0) is 26.2 Å². The number of rotatable bonds is 2. The Hall–Kier alpha value is -1.36. The van der Waals surface area contributed by atoms with Crippen molar-refractivity contribution in [2.45, 2.75) is 38.3 Å². The molecule has 0 bridgehead atoms. The van der Waals surface area contributed by atoms with Gasteiger partial charge in [0, 0.05) is 38.1 Å². The molecule has 0 aliphatic carbocycles. The van der Waals surface area contributed by atoms with E-state index >= 15 is 0 Å². The molecular weight excluding hydrogens is 216 g/mol. The van der Waals surface area contributed by atoms with E-state index in [1.165, 1.54) is 0 Å². The highest BCUT2D eigenvalue weighted by Gasteiger charge is 2.32. The number of imidazole rings is 1. The third-order valence-corrected chi connectivity index (χ3v) is 3.55. The van der Waals surface area contributed by atoms with Gasteiger partial charge in [0.25, 0.3) is 5.91 Å². The molecule has 1 aliphatic heterocycles. The van der Waals surface area contributed by atoms with Crippen LogP contribution in [0, 0.1) is 0 Å². The third kappa shape index (κ3) is 2.20. The van der Waals surface area contributed by atoms with E-state index in [2.05, 4.69) is 11.9 Å². The van der Waals surface area contributed by atoms with Crippen molar-refractivity contribution in [3.63, 3.8) is 0 Å². The Kier molecular flexibility index (Phi) is 3.47. The van der Waals surface area contributed by atoms with E-state index in [-0.39, 0.29) is 18.0 Å². The summed E-state index contributed by atoms with van der Waals surface area (Å²) < 4.78 is 1.76. The van der Waals surface area contributed by atoms with Crippen molar-refractivity contribution in [2.24, 2.45) is 12.8 Å². The number of aryl methyl sites for hydroxylation is 1. The molecule has 5 nitrogen and oxygen atoms in total. The zero-order valence-electron chi connectivity index (χ0n) is 10.5. The van der Waals surface area contributed by atoms with Gasteiger partial charge < -0.3 is 15.2 Å². The summed E-state index contributed by atoms with van der Waals surface area (Å²) in [5.74, 6) is 0.498. The Bertz CT molecular complexity index is 401. The van der Waals surface area contributed by atoms with E-state index in [0.717, 1.165) is 19.3 Å². The SMILES string of the molecule is CC1CCCC(CN)N1C(=O)c1nccn1C. The van der Waals surface area contributed by atoms with Crippen LogP contribution in [0.2, 0.25) is 0 Å². The molecule has 17 heavy (non-hydrogen) atoms. The van der Waals surface area contributed by atoms with Gasteiger partial charge in [-0.15, -0.1) is 0 Å². The number of nitrogens with two attached hydrogens (primary N) is 1. The van der Waals surface area contributed by atoms with Crippen LogP contribution in [0.4, 0.5) is 0 Å². The van der Waals surface area contributed by atoms with Crippen LogP contribution in [0.5, 0.6) is 0 Å². The Morgan fingerprint density at radius 1 is 1.59 bits per heavy atom. The summed E-state index contributed by atoms with van der Waals surface area (Å²) in [6.07, 6.45) is 6.63. The Morgan fingerprint density at radius 3 is 2.94 bits per heavy atom. The summed E-state index contributed by atoms with van der Waals surface area (Å²) in [5, 5.41) is 0. The van der Waals surface area contributed by atoms with Gasteiger partial charge in [-0.3, -0.25) is 4.79 Å². The van der Waals surface area contributed by atoms with Gasteiger partial charge >= 0.3 is 0 Å². The first kappa shape index (κ1) is 12.1. The van der Waals surface area contributed by atoms with Crippen molar-refractivity contribution in [2.75, 3.05) is 6.54 Å². The first-order chi connectivity index (χ1) is 8.15. The van der Waals surface area contributed by atoms with Crippen molar-refractivity contribution in [3.8, 4) is 0 Å². The highest BCUT2D eigenvalue weighted by Crippen LogP contribution is 2.23. The van der Waals surface area contributed by atoms with Crippen LogP contribution in [0.15, 0.2) is 12.4 Å². The van der Waals surface area contributed by atoms with Gasteiger partial charge in [0.05, 0.1) is 0 Å². The van der Waals surface area contributed by atoms with Crippen LogP contribution in [0.25, 0.3) is 0 Å². The number of amides is 1. The second kappa shape index (κ2) is 4.87. The molecule has 0 spiro atoms. The average molecular weight is 236 g/mol. The quantitative estimate of drug-likeness (QED) is 0.824. The predicted octanol–water partition coefficient (Wildman–Crippen LogP) is 0.762. The third-order valence-electron chi connectivity index (χ3n) is 3.55. The smallest absolute Gasteiger partial charge is 0.290 e. The molecule has 1 aliphatic rings. The maximum atomic E-state index is 12.4. The van der Waals surface area contributed by atoms with Crippen LogP contribution >= 0.6 is 0 Å².